The standard InChI is InChI=1S/C28H25NO3.C9H8N2/c1-17(2)21-13-16-26(28(30)19-7-10-20(11-8-19)29(31)32)25-15-14-23-22-6-4-3-5-18(22)9-12-24(23)27(21)25;1-2-4-9-8(3-1)7-10-5-6-11-9/h3-11,14-15,17,21H,12-13,16H2,1-2H3;1-7,11H. The van der Waals surface area contributed by atoms with Crippen molar-refractivity contribution in [3.63, 3.8) is 0 Å². The highest BCUT2D eigenvalue weighted by Crippen LogP contribution is 2.36. The van der Waals surface area contributed by atoms with Crippen molar-refractivity contribution < 1.29 is 9.72 Å². The molecule has 1 heterocycles. The summed E-state index contributed by atoms with van der Waals surface area (Å²) in [7, 11) is 0. The fraction of sp³-hybridized carbons (Fsp3) is 0.189. The molecule has 0 saturated heterocycles. The van der Waals surface area contributed by atoms with Gasteiger partial charge in [-0.2, -0.15) is 0 Å². The highest BCUT2D eigenvalue weighted by Gasteiger charge is 2.29. The average Bonchev–Trinajstić information content (AvgIpc) is 3.29. The van der Waals surface area contributed by atoms with Gasteiger partial charge in [0.15, 0.2) is 5.78 Å². The predicted molar refractivity (Wildman–Crippen MR) is 172 cm³/mol. The van der Waals surface area contributed by atoms with Crippen LogP contribution in [0.4, 0.5) is 11.4 Å². The van der Waals surface area contributed by atoms with Crippen molar-refractivity contribution in [2.45, 2.75) is 39.0 Å². The molecule has 4 aromatic rings. The first-order valence-corrected chi connectivity index (χ1v) is 14.7. The van der Waals surface area contributed by atoms with Gasteiger partial charge in [0, 0.05) is 53.1 Å². The van der Waals surface area contributed by atoms with Gasteiger partial charge >= 0.3 is 0 Å². The minimum atomic E-state index is -0.439. The Morgan fingerprint density at radius 3 is 2.47 bits per heavy atom. The van der Waals surface area contributed by atoms with Crippen molar-refractivity contribution in [1.29, 1.82) is 0 Å². The van der Waals surface area contributed by atoms with Gasteiger partial charge in [-0.1, -0.05) is 74.5 Å². The number of hydrogen-bond acceptors (Lipinski definition) is 5. The first-order valence-electron chi connectivity index (χ1n) is 14.7. The van der Waals surface area contributed by atoms with E-state index in [1.807, 2.05) is 36.7 Å². The van der Waals surface area contributed by atoms with Crippen LogP contribution in [0.3, 0.4) is 0 Å². The molecule has 0 amide bonds. The second kappa shape index (κ2) is 12.0. The van der Waals surface area contributed by atoms with Crippen LogP contribution < -0.4 is 15.8 Å². The Labute approximate surface area is 250 Å². The van der Waals surface area contributed by atoms with Crippen LogP contribution in [0.5, 0.6) is 0 Å². The first kappa shape index (κ1) is 28.0. The number of ketones is 1. The van der Waals surface area contributed by atoms with Crippen LogP contribution in [0.1, 0.15) is 59.7 Å². The number of nitro benzene ring substituents is 1. The number of carbonyl (C=O) groups is 1. The van der Waals surface area contributed by atoms with Crippen LogP contribution in [0, 0.1) is 26.5 Å². The van der Waals surface area contributed by atoms with Gasteiger partial charge in [0.25, 0.3) is 5.69 Å². The van der Waals surface area contributed by atoms with Crippen molar-refractivity contribution in [2.24, 2.45) is 10.9 Å². The minimum Gasteiger partial charge on any atom is -0.360 e. The van der Waals surface area contributed by atoms with E-state index in [0.717, 1.165) is 41.3 Å². The quantitative estimate of drug-likeness (QED) is 0.167. The van der Waals surface area contributed by atoms with E-state index in [9.17, 15) is 14.9 Å². The van der Waals surface area contributed by atoms with E-state index in [4.69, 9.17) is 0 Å². The molecule has 43 heavy (non-hydrogen) atoms. The molecule has 3 aliphatic rings. The number of non-ortho nitro benzene ring substituents is 1. The number of fused-ring (bicyclic) bond motifs is 5. The molecule has 0 saturated carbocycles. The molecule has 7 rings (SSSR count). The molecular weight excluding hydrogens is 534 g/mol. The lowest BCUT2D eigenvalue weighted by Crippen LogP contribution is -2.30. The molecule has 2 aliphatic carbocycles. The third-order valence-electron chi connectivity index (χ3n) is 8.53. The zero-order chi connectivity index (χ0) is 29.9. The maximum Gasteiger partial charge on any atom is 0.269 e. The Morgan fingerprint density at radius 2 is 1.67 bits per heavy atom. The summed E-state index contributed by atoms with van der Waals surface area (Å²) in [5, 5.41) is 19.0. The number of nitrogens with one attached hydrogen (secondary N) is 1. The molecule has 0 spiro atoms. The van der Waals surface area contributed by atoms with E-state index in [2.05, 4.69) is 66.6 Å². The lowest BCUT2D eigenvalue weighted by Gasteiger charge is -2.30. The number of rotatable bonds is 4. The summed E-state index contributed by atoms with van der Waals surface area (Å²) in [6.07, 6.45) is 10.2. The normalized spacial score (nSPS) is 15.8. The zero-order valence-corrected chi connectivity index (χ0v) is 24.3. The molecule has 214 valence electrons. The van der Waals surface area contributed by atoms with Gasteiger partial charge in [0.1, 0.15) is 0 Å². The molecule has 1 aliphatic heterocycles. The van der Waals surface area contributed by atoms with Gasteiger partial charge in [0.05, 0.1) is 4.92 Å². The second-order valence-electron chi connectivity index (χ2n) is 11.4. The van der Waals surface area contributed by atoms with Gasteiger partial charge in [-0.3, -0.25) is 19.9 Å². The molecule has 0 fully saturated rings. The van der Waals surface area contributed by atoms with Gasteiger partial charge in [-0.25, -0.2) is 0 Å². The molecule has 0 bridgehead atoms. The maximum atomic E-state index is 13.5. The molecule has 1 N–H and O–H groups in total. The maximum absolute atomic E-state index is 13.5. The van der Waals surface area contributed by atoms with Crippen molar-refractivity contribution in [1.82, 2.24) is 0 Å². The molecule has 1 atom stereocenters. The number of hydrogen-bond donors (Lipinski definition) is 1. The Bertz CT molecular complexity index is 2010. The highest BCUT2D eigenvalue weighted by atomic mass is 16.6. The summed E-state index contributed by atoms with van der Waals surface area (Å²) in [5.41, 5.74) is 6.22. The Morgan fingerprint density at radius 1 is 0.930 bits per heavy atom. The van der Waals surface area contributed by atoms with Crippen LogP contribution in [0.15, 0.2) is 102 Å². The minimum absolute atomic E-state index is 0.00117. The van der Waals surface area contributed by atoms with Crippen molar-refractivity contribution in [3.05, 3.63) is 151 Å². The number of benzene rings is 4. The number of Topliss-reactive ketones (excluding diaryl/α,β-unsaturated/α-hetero) is 1. The number of anilines is 1. The van der Waals surface area contributed by atoms with Crippen LogP contribution in [0.25, 0.3) is 11.6 Å². The average molecular weight is 568 g/mol. The van der Waals surface area contributed by atoms with Gasteiger partial charge in [-0.15, -0.1) is 0 Å². The Hall–Kier alpha value is -5.10. The summed E-state index contributed by atoms with van der Waals surface area (Å²) in [4.78, 5) is 28.1. The smallest absolute Gasteiger partial charge is 0.269 e. The van der Waals surface area contributed by atoms with E-state index in [1.165, 1.54) is 38.9 Å². The topological polar surface area (TPSA) is 84.6 Å². The lowest BCUT2D eigenvalue weighted by molar-refractivity contribution is -0.384. The third-order valence-corrected chi connectivity index (χ3v) is 8.53. The number of nitrogens with zero attached hydrogens (tertiary/aromatic N) is 2. The molecule has 0 aromatic heterocycles. The van der Waals surface area contributed by atoms with Gasteiger partial charge < -0.3 is 5.32 Å². The first-order chi connectivity index (χ1) is 20.9. The summed E-state index contributed by atoms with van der Waals surface area (Å²) < 4.78 is 0. The van der Waals surface area contributed by atoms with Crippen molar-refractivity contribution in [2.75, 3.05) is 5.32 Å². The highest BCUT2D eigenvalue weighted by molar-refractivity contribution is 6.24. The summed E-state index contributed by atoms with van der Waals surface area (Å²) in [6, 6.07) is 26.8. The fourth-order valence-corrected chi connectivity index (χ4v) is 6.38. The van der Waals surface area contributed by atoms with Crippen LogP contribution in [-0.2, 0) is 6.42 Å². The van der Waals surface area contributed by atoms with Crippen molar-refractivity contribution in [3.8, 4) is 0 Å². The zero-order valence-electron chi connectivity index (χ0n) is 24.3. The monoisotopic (exact) mass is 567 g/mol. The number of nitro groups is 1. The fourth-order valence-electron chi connectivity index (χ4n) is 6.38. The van der Waals surface area contributed by atoms with E-state index < -0.39 is 4.92 Å². The summed E-state index contributed by atoms with van der Waals surface area (Å²) in [6.45, 7) is 4.52. The van der Waals surface area contributed by atoms with E-state index >= 15 is 0 Å². The molecule has 0 radical (unpaired) electrons. The van der Waals surface area contributed by atoms with Crippen LogP contribution in [-0.4, -0.2) is 16.9 Å². The summed E-state index contributed by atoms with van der Waals surface area (Å²) in [5.74, 6) is 0.865. The molecule has 6 heteroatoms. The molecule has 1 unspecified atom stereocenters. The second-order valence-corrected chi connectivity index (χ2v) is 11.4. The van der Waals surface area contributed by atoms with Crippen LogP contribution >= 0.6 is 0 Å². The SMILES string of the molecule is C1=CNc2ccccc2C=N1.CC(C)C1CCC(C(=O)c2ccc([N+](=O)[O-])cc2)=c2ccc3c(c21)CC=c1ccccc1=3. The molecular formula is C37H33N3O3. The molecule has 6 nitrogen and oxygen atoms in total. The Kier molecular flexibility index (Phi) is 7.84. The van der Waals surface area contributed by atoms with E-state index in [0.29, 0.717) is 17.4 Å². The van der Waals surface area contributed by atoms with E-state index in [-0.39, 0.29) is 11.5 Å². The molecule has 4 aromatic carbocycles. The number of para-hydroxylation sites is 1. The van der Waals surface area contributed by atoms with Crippen LogP contribution in [0.2, 0.25) is 0 Å². The van der Waals surface area contributed by atoms with Crippen molar-refractivity contribution >= 4 is 35.0 Å². The largest absolute Gasteiger partial charge is 0.360 e. The number of carbonyl (C=O) groups excluding carboxylic acids is 1. The third kappa shape index (κ3) is 5.56. The predicted octanol–water partition coefficient (Wildman–Crippen LogP) is 6.79. The van der Waals surface area contributed by atoms with E-state index in [1.54, 1.807) is 18.3 Å². The van der Waals surface area contributed by atoms with Gasteiger partial charge in [0.2, 0.25) is 0 Å². The lowest BCUT2D eigenvalue weighted by atomic mass is 9.73. The summed E-state index contributed by atoms with van der Waals surface area (Å²) >= 11 is 0. The Balaban J connectivity index is 0.000000250. The number of aliphatic imine (C=N–C) groups is 1. The van der Waals surface area contributed by atoms with Gasteiger partial charge in [-0.05, 0) is 81.3 Å².